The van der Waals surface area contributed by atoms with Crippen molar-refractivity contribution in [1.29, 1.82) is 0 Å². The van der Waals surface area contributed by atoms with Crippen LogP contribution in [0.15, 0.2) is 24.3 Å². The van der Waals surface area contributed by atoms with E-state index >= 15 is 0 Å². The van der Waals surface area contributed by atoms with E-state index in [2.05, 4.69) is 9.57 Å². The van der Waals surface area contributed by atoms with Crippen LogP contribution in [0.4, 0.5) is 0 Å². The van der Waals surface area contributed by atoms with Gasteiger partial charge in [0.05, 0.1) is 27.4 Å². The molecule has 0 radical (unpaired) electrons. The Morgan fingerprint density at radius 2 is 2.05 bits per heavy atom. The second kappa shape index (κ2) is 9.22. The monoisotopic (exact) mass is 311 g/mol. The van der Waals surface area contributed by atoms with E-state index in [1.807, 2.05) is 0 Å². The van der Waals surface area contributed by atoms with Gasteiger partial charge in [0.15, 0.2) is 11.5 Å². The molecular weight excluding hydrogens is 294 g/mol. The average Bonchev–Trinajstić information content (AvgIpc) is 2.52. The quantitative estimate of drug-likeness (QED) is 0.226. The lowest BCUT2D eigenvalue weighted by Crippen LogP contribution is -2.07. The molecule has 0 bridgehead atoms. The first kappa shape index (κ1) is 17.3. The Balaban J connectivity index is 2.59. The van der Waals surface area contributed by atoms with E-state index in [0.717, 1.165) is 5.56 Å². The molecule has 0 heterocycles. The van der Waals surface area contributed by atoms with Crippen molar-refractivity contribution in [2.45, 2.75) is 6.42 Å². The minimum absolute atomic E-state index is 0.0325. The second-order valence-corrected chi connectivity index (χ2v) is 4.03. The number of hydrogen-bond acceptors (Lipinski definition) is 7. The molecule has 0 aliphatic heterocycles. The molecule has 0 aromatic heterocycles. The van der Waals surface area contributed by atoms with Gasteiger partial charge in [-0.15, -0.1) is 10.1 Å². The molecule has 0 atom stereocenters. The van der Waals surface area contributed by atoms with Crippen LogP contribution < -0.4 is 9.47 Å². The zero-order valence-electron chi connectivity index (χ0n) is 12.3. The average molecular weight is 311 g/mol. The number of ether oxygens (including phenoxy) is 3. The highest BCUT2D eigenvalue weighted by molar-refractivity contribution is 5.87. The summed E-state index contributed by atoms with van der Waals surface area (Å²) in [6, 6.07) is 5.12. The normalized spacial score (nSPS) is 10.3. The summed E-state index contributed by atoms with van der Waals surface area (Å²) >= 11 is 0. The summed E-state index contributed by atoms with van der Waals surface area (Å²) in [6.07, 6.45) is 3.25. The predicted octanol–water partition coefficient (Wildman–Crippen LogP) is 1.86. The third-order valence-electron chi connectivity index (χ3n) is 2.54. The summed E-state index contributed by atoms with van der Waals surface area (Å²) in [5.74, 6) is 0.533. The third kappa shape index (κ3) is 6.12. The molecule has 0 N–H and O–H groups in total. The molecule has 22 heavy (non-hydrogen) atoms. The van der Waals surface area contributed by atoms with E-state index in [1.54, 1.807) is 24.3 Å². The zero-order chi connectivity index (χ0) is 16.4. The standard InChI is InChI=1S/C14H17NO7/c1-19-13-10-11(5-7-14(16)20-2)4-6-12(13)21-8-3-9-22-15(17)18/h4-7,10H,3,8-9H2,1-2H3/b7-5+. The fraction of sp³-hybridized carbons (Fsp3) is 0.357. The maximum Gasteiger partial charge on any atom is 0.330 e. The summed E-state index contributed by atoms with van der Waals surface area (Å²) in [5.41, 5.74) is 0.742. The van der Waals surface area contributed by atoms with Crippen LogP contribution in [0.25, 0.3) is 6.08 Å². The Bertz CT molecular complexity index is 542. The number of carbonyl (C=O) groups is 1. The van der Waals surface area contributed by atoms with E-state index in [1.165, 1.54) is 20.3 Å². The first-order valence-corrected chi connectivity index (χ1v) is 6.41. The van der Waals surface area contributed by atoms with Crippen molar-refractivity contribution in [1.82, 2.24) is 0 Å². The fourth-order valence-corrected chi connectivity index (χ4v) is 1.52. The largest absolute Gasteiger partial charge is 0.493 e. The minimum Gasteiger partial charge on any atom is -0.493 e. The van der Waals surface area contributed by atoms with Gasteiger partial charge in [-0.25, -0.2) is 4.79 Å². The maximum absolute atomic E-state index is 11.0. The SMILES string of the molecule is COC(=O)/C=C/c1ccc(OCCCO[N+](=O)[O-])c(OC)c1. The van der Waals surface area contributed by atoms with Gasteiger partial charge in [-0.1, -0.05) is 6.07 Å². The molecular formula is C14H17NO7. The van der Waals surface area contributed by atoms with Crippen LogP contribution in [-0.2, 0) is 14.4 Å². The maximum atomic E-state index is 11.0. The van der Waals surface area contributed by atoms with Crippen LogP contribution in [0.1, 0.15) is 12.0 Å². The predicted molar refractivity (Wildman–Crippen MR) is 77.1 cm³/mol. The van der Waals surface area contributed by atoms with Crippen molar-refractivity contribution in [3.05, 3.63) is 40.0 Å². The molecule has 1 rings (SSSR count). The Hall–Kier alpha value is -2.77. The van der Waals surface area contributed by atoms with Crippen molar-refractivity contribution >= 4 is 12.0 Å². The van der Waals surface area contributed by atoms with Gasteiger partial charge < -0.3 is 19.0 Å². The highest BCUT2D eigenvalue weighted by Gasteiger charge is 2.05. The molecule has 120 valence electrons. The van der Waals surface area contributed by atoms with Crippen molar-refractivity contribution < 1.29 is 28.9 Å². The highest BCUT2D eigenvalue weighted by atomic mass is 16.9. The summed E-state index contributed by atoms with van der Waals surface area (Å²) in [4.78, 5) is 25.2. The van der Waals surface area contributed by atoms with E-state index in [9.17, 15) is 14.9 Å². The summed E-state index contributed by atoms with van der Waals surface area (Å²) < 4.78 is 15.2. The number of benzene rings is 1. The molecule has 0 spiro atoms. The molecule has 0 fully saturated rings. The molecule has 0 unspecified atom stereocenters. The number of nitrogens with zero attached hydrogens (tertiary/aromatic N) is 1. The Kier molecular flexibility index (Phi) is 7.24. The van der Waals surface area contributed by atoms with E-state index in [-0.39, 0.29) is 13.2 Å². The lowest BCUT2D eigenvalue weighted by Gasteiger charge is -2.11. The molecule has 1 aromatic carbocycles. The first-order valence-electron chi connectivity index (χ1n) is 6.41. The fourth-order valence-electron chi connectivity index (χ4n) is 1.52. The Morgan fingerprint density at radius 1 is 1.27 bits per heavy atom. The van der Waals surface area contributed by atoms with Crippen molar-refractivity contribution in [3.63, 3.8) is 0 Å². The van der Waals surface area contributed by atoms with Gasteiger partial charge in [0.1, 0.15) is 0 Å². The topological polar surface area (TPSA) is 97.1 Å². The molecule has 0 aliphatic rings. The lowest BCUT2D eigenvalue weighted by atomic mass is 10.2. The first-order chi connectivity index (χ1) is 10.6. The summed E-state index contributed by atoms with van der Waals surface area (Å²) in [6.45, 7) is 0.219. The highest BCUT2D eigenvalue weighted by Crippen LogP contribution is 2.28. The van der Waals surface area contributed by atoms with E-state index in [0.29, 0.717) is 17.9 Å². The number of carbonyl (C=O) groups excluding carboxylic acids is 1. The van der Waals surface area contributed by atoms with Crippen LogP contribution >= 0.6 is 0 Å². The van der Waals surface area contributed by atoms with Gasteiger partial charge in [-0.2, -0.15) is 0 Å². The van der Waals surface area contributed by atoms with Gasteiger partial charge in [0, 0.05) is 12.5 Å². The minimum atomic E-state index is -0.844. The molecule has 0 saturated heterocycles. The zero-order valence-corrected chi connectivity index (χ0v) is 12.3. The van der Waals surface area contributed by atoms with Crippen LogP contribution in [-0.4, -0.2) is 38.5 Å². The van der Waals surface area contributed by atoms with Crippen LogP contribution in [0.2, 0.25) is 0 Å². The van der Waals surface area contributed by atoms with Crippen LogP contribution in [0, 0.1) is 10.1 Å². The number of hydrogen-bond donors (Lipinski definition) is 0. The molecule has 0 amide bonds. The number of rotatable bonds is 9. The molecule has 0 saturated carbocycles. The lowest BCUT2D eigenvalue weighted by molar-refractivity contribution is -0.757. The molecule has 8 nitrogen and oxygen atoms in total. The number of esters is 1. The van der Waals surface area contributed by atoms with Crippen molar-refractivity contribution in [2.24, 2.45) is 0 Å². The summed E-state index contributed by atoms with van der Waals surface area (Å²) in [7, 11) is 2.79. The second-order valence-electron chi connectivity index (χ2n) is 4.03. The molecule has 1 aromatic rings. The number of methoxy groups -OCH3 is 2. The Labute approximate surface area is 127 Å². The summed E-state index contributed by atoms with van der Waals surface area (Å²) in [5, 5.41) is 9.14. The van der Waals surface area contributed by atoms with Crippen LogP contribution in [0.5, 0.6) is 11.5 Å². The van der Waals surface area contributed by atoms with Gasteiger partial charge in [0.2, 0.25) is 0 Å². The van der Waals surface area contributed by atoms with Gasteiger partial charge in [-0.3, -0.25) is 0 Å². The van der Waals surface area contributed by atoms with Gasteiger partial charge in [0.25, 0.3) is 5.09 Å². The smallest absolute Gasteiger partial charge is 0.330 e. The van der Waals surface area contributed by atoms with Gasteiger partial charge >= 0.3 is 5.97 Å². The van der Waals surface area contributed by atoms with Crippen LogP contribution in [0.3, 0.4) is 0 Å². The molecule has 8 heteroatoms. The van der Waals surface area contributed by atoms with Gasteiger partial charge in [-0.05, 0) is 23.8 Å². The van der Waals surface area contributed by atoms with Crippen molar-refractivity contribution in [3.8, 4) is 11.5 Å². The van der Waals surface area contributed by atoms with Crippen molar-refractivity contribution in [2.75, 3.05) is 27.4 Å². The Morgan fingerprint density at radius 3 is 2.68 bits per heavy atom. The van der Waals surface area contributed by atoms with E-state index in [4.69, 9.17) is 9.47 Å². The molecule has 0 aliphatic carbocycles. The van der Waals surface area contributed by atoms with E-state index < -0.39 is 11.1 Å². The third-order valence-corrected chi connectivity index (χ3v) is 2.54.